The van der Waals surface area contributed by atoms with Crippen LogP contribution in [0.15, 0.2) is 16.9 Å². The van der Waals surface area contributed by atoms with Crippen LogP contribution in [0.25, 0.3) is 0 Å². The smallest absolute Gasteiger partial charge is 0.341 e. The molecule has 8 heteroatoms. The predicted molar refractivity (Wildman–Crippen MR) is 93.4 cm³/mol. The van der Waals surface area contributed by atoms with Gasteiger partial charge in [-0.1, -0.05) is 0 Å². The van der Waals surface area contributed by atoms with E-state index in [9.17, 15) is 18.9 Å². The maximum Gasteiger partial charge on any atom is 0.341 e. The average molecular weight is 366 g/mol. The summed E-state index contributed by atoms with van der Waals surface area (Å²) >= 11 is -1.07. The van der Waals surface area contributed by atoms with Crippen molar-refractivity contribution in [3.05, 3.63) is 33.7 Å². The van der Waals surface area contributed by atoms with E-state index in [1.165, 1.54) is 16.7 Å². The van der Waals surface area contributed by atoms with Crippen LogP contribution in [0.3, 0.4) is 0 Å². The van der Waals surface area contributed by atoms with Crippen LogP contribution >= 0.6 is 0 Å². The van der Waals surface area contributed by atoms with Gasteiger partial charge in [0, 0.05) is 25.9 Å². The number of hydrogen-bond donors (Lipinski definition) is 1. The number of carboxylic acid groups (broad SMARTS) is 1. The summed E-state index contributed by atoms with van der Waals surface area (Å²) in [6.07, 6.45) is 1.65. The van der Waals surface area contributed by atoms with Gasteiger partial charge in [0.15, 0.2) is 0 Å². The summed E-state index contributed by atoms with van der Waals surface area (Å²) < 4.78 is 13.3. The van der Waals surface area contributed by atoms with E-state index < -0.39 is 22.7 Å². The number of fused-ring (bicyclic) bond motifs is 1. The molecule has 0 aromatic carbocycles. The zero-order chi connectivity index (χ0) is 18.6. The molecule has 1 atom stereocenters. The number of carbonyl (C=O) groups excluding carboxylic acids is 1. The van der Waals surface area contributed by atoms with Gasteiger partial charge in [-0.05, 0) is 44.1 Å². The Morgan fingerprint density at radius 1 is 1.28 bits per heavy atom. The number of carboxylic acids is 1. The molecule has 3 rings (SSSR count). The van der Waals surface area contributed by atoms with E-state index in [0.717, 1.165) is 12.8 Å². The minimum absolute atomic E-state index is 0.193. The summed E-state index contributed by atoms with van der Waals surface area (Å²) in [7, 11) is 0. The van der Waals surface area contributed by atoms with Crippen LogP contribution in [-0.4, -0.2) is 53.6 Å². The molecule has 1 N–H and O–H groups in total. The number of carbonyl (C=O) groups is 2. The molecule has 1 amide bonds. The van der Waals surface area contributed by atoms with Crippen molar-refractivity contribution in [3.63, 3.8) is 0 Å². The lowest BCUT2D eigenvalue weighted by molar-refractivity contribution is 0.0671. The molecule has 0 saturated heterocycles. The van der Waals surface area contributed by atoms with Gasteiger partial charge in [-0.25, -0.2) is 4.79 Å². The highest BCUT2D eigenvalue weighted by Crippen LogP contribution is 2.48. The van der Waals surface area contributed by atoms with Crippen LogP contribution in [0.5, 0.6) is 0 Å². The average Bonchev–Trinajstić information content (AvgIpc) is 3.29. The highest BCUT2D eigenvalue weighted by molar-refractivity contribution is 7.94. The zero-order valence-electron chi connectivity index (χ0n) is 14.6. The molecule has 0 bridgehead atoms. The second kappa shape index (κ2) is 5.88. The highest BCUT2D eigenvalue weighted by atomic mass is 32.2. The Morgan fingerprint density at radius 2 is 1.92 bits per heavy atom. The van der Waals surface area contributed by atoms with Crippen molar-refractivity contribution in [2.45, 2.75) is 49.7 Å². The van der Waals surface area contributed by atoms with E-state index in [-0.39, 0.29) is 33.2 Å². The van der Waals surface area contributed by atoms with Gasteiger partial charge in [0.25, 0.3) is 11.5 Å². The van der Waals surface area contributed by atoms with E-state index in [0.29, 0.717) is 13.1 Å². The largest absolute Gasteiger partial charge is 0.615 e. The summed E-state index contributed by atoms with van der Waals surface area (Å²) in [5.41, 5.74) is -0.798. The van der Waals surface area contributed by atoms with Crippen molar-refractivity contribution < 1.29 is 19.2 Å². The van der Waals surface area contributed by atoms with E-state index in [1.54, 1.807) is 4.90 Å². The number of rotatable bonds is 4. The fraction of sp³-hybridized carbons (Fsp3) is 0.588. The summed E-state index contributed by atoms with van der Waals surface area (Å²) in [6, 6.07) is 2.57. The lowest BCUT2D eigenvalue weighted by Gasteiger charge is -2.36. The number of hydrogen-bond acceptors (Lipinski definition) is 4. The minimum Gasteiger partial charge on any atom is -0.615 e. The molecule has 7 nitrogen and oxygen atoms in total. The van der Waals surface area contributed by atoms with E-state index in [1.807, 2.05) is 20.8 Å². The minimum atomic E-state index is -1.30. The van der Waals surface area contributed by atoms with Gasteiger partial charge in [0.2, 0.25) is 0 Å². The molecule has 2 heterocycles. The molecule has 136 valence electrons. The fourth-order valence-electron chi connectivity index (χ4n) is 3.32. The van der Waals surface area contributed by atoms with Crippen molar-refractivity contribution in [2.24, 2.45) is 0 Å². The van der Waals surface area contributed by atoms with Crippen LogP contribution in [0.4, 0.5) is 0 Å². The lowest BCUT2D eigenvalue weighted by atomic mass is 10.1. The first kappa shape index (κ1) is 18.0. The molecule has 1 unspecified atom stereocenters. The van der Waals surface area contributed by atoms with Gasteiger partial charge in [-0.2, -0.15) is 0 Å². The molecular weight excluding hydrogens is 344 g/mol. The monoisotopic (exact) mass is 366 g/mol. The van der Waals surface area contributed by atoms with Crippen LogP contribution in [0.2, 0.25) is 0 Å². The molecule has 1 aromatic rings. The van der Waals surface area contributed by atoms with E-state index in [4.69, 9.17) is 5.11 Å². The molecule has 2 aliphatic rings. The maximum absolute atomic E-state index is 12.8. The van der Waals surface area contributed by atoms with Crippen LogP contribution < -0.4 is 5.56 Å². The fourth-order valence-corrected chi connectivity index (χ4v) is 5.37. The number of aromatic nitrogens is 1. The second-order valence-corrected chi connectivity index (χ2v) is 10.3. The van der Waals surface area contributed by atoms with Gasteiger partial charge in [0.05, 0.1) is 6.54 Å². The topological polar surface area (TPSA) is 103 Å². The molecule has 1 aromatic heterocycles. The molecular formula is C17H22N2O5S. The molecule has 0 spiro atoms. The number of amides is 1. The first-order chi connectivity index (χ1) is 11.6. The summed E-state index contributed by atoms with van der Waals surface area (Å²) in [4.78, 5) is 37.7. The van der Waals surface area contributed by atoms with Crippen molar-refractivity contribution in [1.82, 2.24) is 9.47 Å². The third-order valence-electron chi connectivity index (χ3n) is 4.74. The van der Waals surface area contributed by atoms with Crippen molar-refractivity contribution in [3.8, 4) is 0 Å². The lowest BCUT2D eigenvalue weighted by Crippen LogP contribution is -2.51. The Bertz CT molecular complexity index is 791. The van der Waals surface area contributed by atoms with Gasteiger partial charge in [-0.15, -0.1) is 0 Å². The van der Waals surface area contributed by atoms with Crippen LogP contribution in [0.1, 0.15) is 54.5 Å². The molecule has 1 aliphatic heterocycles. The molecule has 1 fully saturated rings. The van der Waals surface area contributed by atoms with Gasteiger partial charge in [-0.3, -0.25) is 9.59 Å². The Labute approximate surface area is 148 Å². The van der Waals surface area contributed by atoms with Crippen molar-refractivity contribution in [2.75, 3.05) is 13.1 Å². The first-order valence-corrected chi connectivity index (χ1v) is 9.40. The highest BCUT2D eigenvalue weighted by Gasteiger charge is 2.59. The summed E-state index contributed by atoms with van der Waals surface area (Å²) in [5, 5.41) is 9.04. The third kappa shape index (κ3) is 3.08. The van der Waals surface area contributed by atoms with E-state index >= 15 is 0 Å². The summed E-state index contributed by atoms with van der Waals surface area (Å²) in [6.45, 7) is 6.78. The van der Waals surface area contributed by atoms with Gasteiger partial charge >= 0.3 is 5.97 Å². The number of nitrogens with zero attached hydrogens (tertiary/aromatic N) is 2. The standard InChI is InChI=1S/C17H22N2O5S/c1-16(2,3)25(24)17(6-7-17)10-18-8-9-19-12(14(18)21)5-4-11(13(19)20)15(22)23/h4-5H,6-10H2,1-3H3,(H,22,23). The maximum atomic E-state index is 12.8. The van der Waals surface area contributed by atoms with Crippen LogP contribution in [0, 0.1) is 0 Å². The van der Waals surface area contributed by atoms with Crippen molar-refractivity contribution in [1.29, 1.82) is 0 Å². The zero-order valence-corrected chi connectivity index (χ0v) is 15.4. The number of aromatic carboxylic acids is 1. The predicted octanol–water partition coefficient (Wildman–Crippen LogP) is 1.08. The molecule has 25 heavy (non-hydrogen) atoms. The Morgan fingerprint density at radius 3 is 2.44 bits per heavy atom. The van der Waals surface area contributed by atoms with Gasteiger partial charge in [0.1, 0.15) is 20.8 Å². The molecule has 1 saturated carbocycles. The van der Waals surface area contributed by atoms with Crippen LogP contribution in [-0.2, 0) is 17.7 Å². The Kier molecular flexibility index (Phi) is 4.23. The molecule has 1 aliphatic carbocycles. The number of pyridine rings is 1. The third-order valence-corrected chi connectivity index (χ3v) is 7.18. The summed E-state index contributed by atoms with van der Waals surface area (Å²) in [5.74, 6) is -1.61. The quantitative estimate of drug-likeness (QED) is 0.803. The SMILES string of the molecule is CC(C)(C)[S+]([O-])C1(CN2CCn3c(ccc(C(=O)O)c3=O)C2=O)CC1. The Hall–Kier alpha value is -1.80. The molecule has 0 radical (unpaired) electrons. The normalized spacial score (nSPS) is 20.2. The second-order valence-electron chi connectivity index (χ2n) is 7.69. The van der Waals surface area contributed by atoms with Crippen molar-refractivity contribution >= 4 is 23.1 Å². The Balaban J connectivity index is 1.85. The van der Waals surface area contributed by atoms with E-state index in [2.05, 4.69) is 0 Å². The first-order valence-electron chi connectivity index (χ1n) is 8.25. The van der Waals surface area contributed by atoms with Gasteiger partial charge < -0.3 is 19.1 Å².